The maximum atomic E-state index is 12.4. The molecule has 0 saturated carbocycles. The third-order valence-electron chi connectivity index (χ3n) is 3.49. The third-order valence-corrected chi connectivity index (χ3v) is 3.49. The number of nitrogen functional groups attached to an aromatic ring is 1. The summed E-state index contributed by atoms with van der Waals surface area (Å²) in [6, 6.07) is 3.35. The van der Waals surface area contributed by atoms with Gasteiger partial charge in [-0.05, 0) is 6.07 Å². The molecule has 1 aromatic carbocycles. The van der Waals surface area contributed by atoms with Crippen molar-refractivity contribution in [3.05, 3.63) is 17.7 Å². The van der Waals surface area contributed by atoms with E-state index in [1.54, 1.807) is 12.1 Å². The highest BCUT2D eigenvalue weighted by Crippen LogP contribution is 2.34. The average molecular weight is 278 g/mol. The van der Waals surface area contributed by atoms with Gasteiger partial charge in [0.25, 0.3) is 0 Å². The van der Waals surface area contributed by atoms with E-state index in [0.717, 1.165) is 13.1 Å². The van der Waals surface area contributed by atoms with Gasteiger partial charge in [-0.1, -0.05) is 0 Å². The molecule has 108 valence electrons. The molecule has 0 spiro atoms. The van der Waals surface area contributed by atoms with Crippen molar-refractivity contribution < 1.29 is 19.0 Å². The van der Waals surface area contributed by atoms with Crippen molar-refractivity contribution in [1.82, 2.24) is 4.90 Å². The van der Waals surface area contributed by atoms with Gasteiger partial charge in [0.1, 0.15) is 13.2 Å². The number of ether oxygens (including phenoxy) is 3. The zero-order valence-electron chi connectivity index (χ0n) is 11.3. The van der Waals surface area contributed by atoms with Gasteiger partial charge >= 0.3 is 0 Å². The maximum absolute atomic E-state index is 12.4. The van der Waals surface area contributed by atoms with Crippen molar-refractivity contribution in [3.63, 3.8) is 0 Å². The topological polar surface area (TPSA) is 74.0 Å². The standard InChI is InChI=1S/C14H18N2O4/c15-11-8-14-13(19-5-6-20-14)7-10(11)12(17)9-16-1-3-18-4-2-16/h7-8H,1-6,9,15H2. The van der Waals surface area contributed by atoms with Crippen molar-refractivity contribution >= 4 is 11.5 Å². The molecule has 1 saturated heterocycles. The predicted molar refractivity (Wildman–Crippen MR) is 73.4 cm³/mol. The molecule has 0 atom stereocenters. The van der Waals surface area contributed by atoms with Gasteiger partial charge < -0.3 is 19.9 Å². The first-order valence-electron chi connectivity index (χ1n) is 6.76. The summed E-state index contributed by atoms with van der Waals surface area (Å²) in [5.74, 6) is 1.20. The van der Waals surface area contributed by atoms with Gasteiger partial charge in [0.05, 0.1) is 19.8 Å². The zero-order valence-corrected chi connectivity index (χ0v) is 11.3. The Balaban J connectivity index is 1.76. The normalized spacial score (nSPS) is 18.8. The van der Waals surface area contributed by atoms with Crippen LogP contribution in [0.2, 0.25) is 0 Å². The van der Waals surface area contributed by atoms with Crippen LogP contribution in [0, 0.1) is 0 Å². The Bertz CT molecular complexity index is 512. The molecule has 1 aromatic rings. The summed E-state index contributed by atoms with van der Waals surface area (Å²) in [6.45, 7) is 4.24. The SMILES string of the molecule is Nc1cc2c(cc1C(=O)CN1CCOCC1)OCCO2. The zero-order chi connectivity index (χ0) is 13.9. The highest BCUT2D eigenvalue weighted by Gasteiger charge is 2.21. The molecule has 0 radical (unpaired) electrons. The molecule has 2 aliphatic rings. The van der Waals surface area contributed by atoms with E-state index >= 15 is 0 Å². The van der Waals surface area contributed by atoms with Crippen LogP contribution >= 0.6 is 0 Å². The van der Waals surface area contributed by atoms with Crippen LogP contribution < -0.4 is 15.2 Å². The molecule has 0 aliphatic carbocycles. The fourth-order valence-electron chi connectivity index (χ4n) is 2.39. The highest BCUT2D eigenvalue weighted by atomic mass is 16.6. The molecule has 0 bridgehead atoms. The first-order valence-corrected chi connectivity index (χ1v) is 6.76. The molecule has 3 rings (SSSR count). The van der Waals surface area contributed by atoms with Gasteiger partial charge in [-0.2, -0.15) is 0 Å². The van der Waals surface area contributed by atoms with Crippen molar-refractivity contribution in [3.8, 4) is 11.5 Å². The van der Waals surface area contributed by atoms with E-state index < -0.39 is 0 Å². The van der Waals surface area contributed by atoms with E-state index in [4.69, 9.17) is 19.9 Å². The number of rotatable bonds is 3. The minimum Gasteiger partial charge on any atom is -0.486 e. The summed E-state index contributed by atoms with van der Waals surface area (Å²) in [6.07, 6.45) is 0. The van der Waals surface area contributed by atoms with Crippen LogP contribution in [0.15, 0.2) is 12.1 Å². The second-order valence-corrected chi connectivity index (χ2v) is 4.89. The number of carbonyl (C=O) groups is 1. The number of benzene rings is 1. The Kier molecular flexibility index (Phi) is 3.75. The van der Waals surface area contributed by atoms with Crippen LogP contribution in [-0.4, -0.2) is 56.7 Å². The van der Waals surface area contributed by atoms with Gasteiger partial charge in [-0.3, -0.25) is 9.69 Å². The number of morpholine rings is 1. The van der Waals surface area contributed by atoms with Crippen LogP contribution in [0.4, 0.5) is 5.69 Å². The number of Topliss-reactive ketones (excluding diaryl/α,β-unsaturated/α-hetero) is 1. The Hall–Kier alpha value is -1.79. The van der Waals surface area contributed by atoms with Gasteiger partial charge in [0, 0.05) is 30.4 Å². The lowest BCUT2D eigenvalue weighted by Gasteiger charge is -2.26. The molecule has 6 nitrogen and oxygen atoms in total. The van der Waals surface area contributed by atoms with Gasteiger partial charge in [0.15, 0.2) is 17.3 Å². The van der Waals surface area contributed by atoms with Gasteiger partial charge in [0.2, 0.25) is 0 Å². The van der Waals surface area contributed by atoms with Gasteiger partial charge in [-0.15, -0.1) is 0 Å². The van der Waals surface area contributed by atoms with E-state index in [9.17, 15) is 4.79 Å². The molecule has 2 aliphatic heterocycles. The molecule has 20 heavy (non-hydrogen) atoms. The maximum Gasteiger partial charge on any atom is 0.179 e. The van der Waals surface area contributed by atoms with Crippen LogP contribution in [0.25, 0.3) is 0 Å². The van der Waals surface area contributed by atoms with E-state index in [-0.39, 0.29) is 5.78 Å². The largest absolute Gasteiger partial charge is 0.486 e. The van der Waals surface area contributed by atoms with Crippen LogP contribution in [-0.2, 0) is 4.74 Å². The van der Waals surface area contributed by atoms with Crippen LogP contribution in [0.5, 0.6) is 11.5 Å². The van der Waals surface area contributed by atoms with Crippen molar-refractivity contribution in [2.24, 2.45) is 0 Å². The summed E-state index contributed by atoms with van der Waals surface area (Å²) in [4.78, 5) is 14.4. The average Bonchev–Trinajstić information content (AvgIpc) is 2.47. The summed E-state index contributed by atoms with van der Waals surface area (Å²) >= 11 is 0. The first kappa shape index (κ1) is 13.2. The van der Waals surface area contributed by atoms with Gasteiger partial charge in [-0.25, -0.2) is 0 Å². The minimum absolute atomic E-state index is 0.00127. The molecule has 6 heteroatoms. The fraction of sp³-hybridized carbons (Fsp3) is 0.500. The summed E-state index contributed by atoms with van der Waals surface area (Å²) in [5.41, 5.74) is 6.89. The number of anilines is 1. The van der Waals surface area contributed by atoms with E-state index in [1.807, 2.05) is 0 Å². The first-order chi connectivity index (χ1) is 9.74. The summed E-state index contributed by atoms with van der Waals surface area (Å²) in [5, 5.41) is 0. The quantitative estimate of drug-likeness (QED) is 0.643. The minimum atomic E-state index is 0.00127. The van der Waals surface area contributed by atoms with E-state index in [0.29, 0.717) is 55.7 Å². The molecule has 2 heterocycles. The second kappa shape index (κ2) is 5.68. The molecule has 2 N–H and O–H groups in total. The monoisotopic (exact) mass is 278 g/mol. The number of hydrogen-bond acceptors (Lipinski definition) is 6. The smallest absolute Gasteiger partial charge is 0.179 e. The lowest BCUT2D eigenvalue weighted by atomic mass is 10.1. The predicted octanol–water partition coefficient (Wildman–Crippen LogP) is 0.555. The number of nitrogens with two attached hydrogens (primary N) is 1. The Morgan fingerprint density at radius 1 is 1.10 bits per heavy atom. The van der Waals surface area contributed by atoms with Crippen molar-refractivity contribution in [1.29, 1.82) is 0 Å². The van der Waals surface area contributed by atoms with E-state index in [2.05, 4.69) is 4.90 Å². The molecule has 0 aromatic heterocycles. The molecular formula is C14H18N2O4. The molecule has 0 amide bonds. The molecule has 1 fully saturated rings. The number of ketones is 1. The number of nitrogens with zero attached hydrogens (tertiary/aromatic N) is 1. The van der Waals surface area contributed by atoms with Crippen LogP contribution in [0.1, 0.15) is 10.4 Å². The Labute approximate surface area is 117 Å². The van der Waals surface area contributed by atoms with E-state index in [1.165, 1.54) is 0 Å². The number of carbonyl (C=O) groups excluding carboxylic acids is 1. The second-order valence-electron chi connectivity index (χ2n) is 4.89. The third kappa shape index (κ3) is 2.71. The lowest BCUT2D eigenvalue weighted by molar-refractivity contribution is 0.0371. The number of fused-ring (bicyclic) bond motifs is 1. The van der Waals surface area contributed by atoms with Crippen LogP contribution in [0.3, 0.4) is 0 Å². The summed E-state index contributed by atoms with van der Waals surface area (Å²) in [7, 11) is 0. The summed E-state index contributed by atoms with van der Waals surface area (Å²) < 4.78 is 16.2. The Morgan fingerprint density at radius 2 is 1.75 bits per heavy atom. The molecule has 0 unspecified atom stereocenters. The lowest BCUT2D eigenvalue weighted by Crippen LogP contribution is -2.39. The highest BCUT2D eigenvalue weighted by molar-refractivity contribution is 6.02. The fourth-order valence-corrected chi connectivity index (χ4v) is 2.39. The Morgan fingerprint density at radius 3 is 2.45 bits per heavy atom. The van der Waals surface area contributed by atoms with Crippen molar-refractivity contribution in [2.75, 3.05) is 51.8 Å². The van der Waals surface area contributed by atoms with Crippen molar-refractivity contribution in [2.45, 2.75) is 0 Å². The molecular weight excluding hydrogens is 260 g/mol. The number of hydrogen-bond donors (Lipinski definition) is 1.